The molecule has 2 aliphatic carbocycles. The van der Waals surface area contributed by atoms with Crippen LogP contribution in [-0.2, 0) is 0 Å². The average Bonchev–Trinajstić information content (AvgIpc) is 2.66. The number of halogens is 1. The van der Waals surface area contributed by atoms with Gasteiger partial charge in [-0.1, -0.05) is 31.9 Å². The minimum atomic E-state index is -0.173. The number of benzene rings is 2. The zero-order valence-electron chi connectivity index (χ0n) is 15.4. The summed E-state index contributed by atoms with van der Waals surface area (Å²) in [6.07, 6.45) is 9.52. The first kappa shape index (κ1) is 16.9. The monoisotopic (exact) mass is 340 g/mol. The maximum absolute atomic E-state index is 14.5. The van der Waals surface area contributed by atoms with Gasteiger partial charge in [0.25, 0.3) is 0 Å². The molecule has 0 aliphatic heterocycles. The number of hydrogen-bond acceptors (Lipinski definition) is 1. The van der Waals surface area contributed by atoms with Gasteiger partial charge in [-0.25, -0.2) is 4.39 Å². The van der Waals surface area contributed by atoms with Gasteiger partial charge >= 0.3 is 0 Å². The molecule has 134 valence electrons. The molecule has 1 nitrogen and oxygen atoms in total. The molecule has 4 atom stereocenters. The van der Waals surface area contributed by atoms with Gasteiger partial charge in [0.05, 0.1) is 7.11 Å². The molecular formula is C23H29FO. The SMILES string of the molecule is CCC1CCC2CC(c3ccc4cc(OC)cc(F)c4c3)CCC2C1. The normalized spacial score (nSPS) is 29.4. The molecule has 2 aliphatic rings. The molecule has 0 heterocycles. The second-order valence-corrected chi connectivity index (χ2v) is 8.21. The number of rotatable bonds is 3. The van der Waals surface area contributed by atoms with E-state index in [0.717, 1.165) is 28.5 Å². The molecule has 2 heteroatoms. The molecule has 0 radical (unpaired) electrons. The van der Waals surface area contributed by atoms with E-state index in [9.17, 15) is 4.39 Å². The van der Waals surface area contributed by atoms with Gasteiger partial charge in [-0.3, -0.25) is 0 Å². The maximum Gasteiger partial charge on any atom is 0.134 e. The summed E-state index contributed by atoms with van der Waals surface area (Å²) in [5.41, 5.74) is 1.33. The molecular weight excluding hydrogens is 311 g/mol. The van der Waals surface area contributed by atoms with Crippen LogP contribution in [0.1, 0.15) is 63.4 Å². The van der Waals surface area contributed by atoms with Gasteiger partial charge in [-0.15, -0.1) is 0 Å². The van der Waals surface area contributed by atoms with E-state index in [1.54, 1.807) is 7.11 Å². The van der Waals surface area contributed by atoms with Crippen molar-refractivity contribution in [3.8, 4) is 5.75 Å². The van der Waals surface area contributed by atoms with E-state index in [1.165, 1.54) is 56.6 Å². The Morgan fingerprint density at radius 1 is 1.00 bits per heavy atom. The first-order valence-corrected chi connectivity index (χ1v) is 9.95. The van der Waals surface area contributed by atoms with Gasteiger partial charge in [0.1, 0.15) is 11.6 Å². The molecule has 0 spiro atoms. The van der Waals surface area contributed by atoms with Crippen LogP contribution in [0.3, 0.4) is 0 Å². The zero-order valence-corrected chi connectivity index (χ0v) is 15.4. The number of methoxy groups -OCH3 is 1. The lowest BCUT2D eigenvalue weighted by molar-refractivity contribution is 0.116. The predicted molar refractivity (Wildman–Crippen MR) is 102 cm³/mol. The number of fused-ring (bicyclic) bond motifs is 2. The minimum Gasteiger partial charge on any atom is -0.497 e. The van der Waals surface area contributed by atoms with Crippen LogP contribution in [0.5, 0.6) is 5.75 Å². The van der Waals surface area contributed by atoms with Gasteiger partial charge < -0.3 is 4.74 Å². The topological polar surface area (TPSA) is 9.23 Å². The summed E-state index contributed by atoms with van der Waals surface area (Å²) in [4.78, 5) is 0. The van der Waals surface area contributed by atoms with Gasteiger partial charge in [0, 0.05) is 11.5 Å². The fraction of sp³-hybridized carbons (Fsp3) is 0.565. The lowest BCUT2D eigenvalue weighted by atomic mass is 9.63. The van der Waals surface area contributed by atoms with Crippen molar-refractivity contribution >= 4 is 10.8 Å². The third-order valence-electron chi connectivity index (χ3n) is 6.91. The Bertz CT molecular complexity index is 753. The highest BCUT2D eigenvalue weighted by Gasteiger charge is 2.35. The van der Waals surface area contributed by atoms with Crippen molar-refractivity contribution in [2.75, 3.05) is 7.11 Å². The Hall–Kier alpha value is -1.57. The van der Waals surface area contributed by atoms with Crippen LogP contribution < -0.4 is 4.74 Å². The lowest BCUT2D eigenvalue weighted by Crippen LogP contribution is -2.30. The Labute approximate surface area is 150 Å². The van der Waals surface area contributed by atoms with E-state index in [-0.39, 0.29) is 5.82 Å². The summed E-state index contributed by atoms with van der Waals surface area (Å²) < 4.78 is 19.6. The van der Waals surface area contributed by atoms with E-state index in [1.807, 2.05) is 6.07 Å². The number of ether oxygens (including phenoxy) is 1. The lowest BCUT2D eigenvalue weighted by Gasteiger charge is -2.42. The molecule has 2 saturated carbocycles. The van der Waals surface area contributed by atoms with Crippen LogP contribution in [0.25, 0.3) is 10.8 Å². The highest BCUT2D eigenvalue weighted by molar-refractivity contribution is 5.85. The smallest absolute Gasteiger partial charge is 0.134 e. The second-order valence-electron chi connectivity index (χ2n) is 8.21. The molecule has 0 N–H and O–H groups in total. The standard InChI is InChI=1S/C23H29FO/c1-3-15-4-5-17-11-18(7-6-16(17)10-15)19-8-9-20-12-21(25-2)14-23(24)22(20)13-19/h8-9,12-18H,3-7,10-11H2,1-2H3. The van der Waals surface area contributed by atoms with Crippen molar-refractivity contribution in [2.45, 2.75) is 57.8 Å². The van der Waals surface area contributed by atoms with Crippen molar-refractivity contribution in [3.63, 3.8) is 0 Å². The van der Waals surface area contributed by atoms with E-state index in [0.29, 0.717) is 11.7 Å². The van der Waals surface area contributed by atoms with E-state index in [4.69, 9.17) is 4.74 Å². The van der Waals surface area contributed by atoms with Gasteiger partial charge in [-0.2, -0.15) is 0 Å². The highest BCUT2D eigenvalue weighted by Crippen LogP contribution is 2.48. The molecule has 0 bridgehead atoms. The highest BCUT2D eigenvalue weighted by atomic mass is 19.1. The zero-order chi connectivity index (χ0) is 17.4. The van der Waals surface area contributed by atoms with Crippen molar-refractivity contribution in [1.29, 1.82) is 0 Å². The molecule has 0 saturated heterocycles. The minimum absolute atomic E-state index is 0.173. The van der Waals surface area contributed by atoms with Gasteiger partial charge in [0.15, 0.2) is 0 Å². The quantitative estimate of drug-likeness (QED) is 0.604. The fourth-order valence-corrected chi connectivity index (χ4v) is 5.34. The maximum atomic E-state index is 14.5. The molecule has 4 unspecified atom stereocenters. The summed E-state index contributed by atoms with van der Waals surface area (Å²) in [5, 5.41) is 1.66. The first-order valence-electron chi connectivity index (χ1n) is 9.95. The summed E-state index contributed by atoms with van der Waals surface area (Å²) in [6.45, 7) is 2.34. The van der Waals surface area contributed by atoms with Crippen LogP contribution in [0.4, 0.5) is 4.39 Å². The molecule has 25 heavy (non-hydrogen) atoms. The van der Waals surface area contributed by atoms with Gasteiger partial charge in [0.2, 0.25) is 0 Å². The van der Waals surface area contributed by atoms with Crippen LogP contribution in [-0.4, -0.2) is 7.11 Å². The summed E-state index contributed by atoms with van der Waals surface area (Å²) in [7, 11) is 1.58. The Balaban J connectivity index is 1.55. The molecule has 2 fully saturated rings. The molecule has 0 aromatic heterocycles. The summed E-state index contributed by atoms with van der Waals surface area (Å²) in [6, 6.07) is 9.78. The van der Waals surface area contributed by atoms with Gasteiger partial charge in [-0.05, 0) is 78.9 Å². The van der Waals surface area contributed by atoms with Crippen molar-refractivity contribution < 1.29 is 9.13 Å². The fourth-order valence-electron chi connectivity index (χ4n) is 5.34. The average molecular weight is 340 g/mol. The Kier molecular flexibility index (Phi) is 4.71. The predicted octanol–water partition coefficient (Wildman–Crippen LogP) is 6.70. The molecule has 0 amide bonds. The molecule has 2 aromatic rings. The third kappa shape index (κ3) is 3.28. The first-order chi connectivity index (χ1) is 12.2. The Morgan fingerprint density at radius 2 is 1.80 bits per heavy atom. The van der Waals surface area contributed by atoms with E-state index >= 15 is 0 Å². The molecule has 4 rings (SSSR count). The molecule has 2 aromatic carbocycles. The van der Waals surface area contributed by atoms with Crippen molar-refractivity contribution in [3.05, 3.63) is 41.7 Å². The van der Waals surface area contributed by atoms with Crippen molar-refractivity contribution in [2.24, 2.45) is 17.8 Å². The summed E-state index contributed by atoms with van der Waals surface area (Å²) >= 11 is 0. The van der Waals surface area contributed by atoms with Crippen LogP contribution in [0, 0.1) is 23.6 Å². The van der Waals surface area contributed by atoms with E-state index < -0.39 is 0 Å². The largest absolute Gasteiger partial charge is 0.497 e. The van der Waals surface area contributed by atoms with Crippen LogP contribution >= 0.6 is 0 Å². The number of hydrogen-bond donors (Lipinski definition) is 0. The Morgan fingerprint density at radius 3 is 2.60 bits per heavy atom. The summed E-state index contributed by atoms with van der Waals surface area (Å²) in [5.74, 6) is 3.81. The third-order valence-corrected chi connectivity index (χ3v) is 6.91. The van der Waals surface area contributed by atoms with Crippen LogP contribution in [0.2, 0.25) is 0 Å². The van der Waals surface area contributed by atoms with Crippen LogP contribution in [0.15, 0.2) is 30.3 Å². The van der Waals surface area contributed by atoms with Crippen molar-refractivity contribution in [1.82, 2.24) is 0 Å². The van der Waals surface area contributed by atoms with E-state index in [2.05, 4.69) is 25.1 Å². The second kappa shape index (κ2) is 6.97.